The lowest BCUT2D eigenvalue weighted by molar-refractivity contribution is -0.146. The fourth-order valence-electron chi connectivity index (χ4n) is 7.98. The second-order valence-electron chi connectivity index (χ2n) is 16.4. The molecule has 56 heavy (non-hydrogen) atoms. The number of hydrogen-bond donors (Lipinski definition) is 3. The summed E-state index contributed by atoms with van der Waals surface area (Å²) in [4.78, 5) is 65.3. The predicted molar refractivity (Wildman–Crippen MR) is 209 cm³/mol. The summed E-state index contributed by atoms with van der Waals surface area (Å²) in [7, 11) is 1.57. The highest BCUT2D eigenvalue weighted by molar-refractivity contribution is 7.13. The molecule has 14 nitrogen and oxygen atoms in total. The van der Waals surface area contributed by atoms with Gasteiger partial charge in [0.25, 0.3) is 0 Å². The Labute approximate surface area is 334 Å². The SMILES string of the molecule is C=C[C@@H]1C[C@]1(NC(=O)[C@@H]1C[C@@H](Oc2cc(-c3nc(C)cs3)nc3c(Cl)c(OCCOC)ccc23)CN1C(=O)[C@@H](NC(=O)O[C@H]1C[C@@H]2C[C@@H]2C1)C(C)(C)C)C(=O)O. The van der Waals surface area contributed by atoms with Crippen molar-refractivity contribution in [2.75, 3.05) is 26.9 Å². The fraction of sp³-hybridized carbons (Fsp3) is 0.550. The molecule has 3 N–H and O–H groups in total. The molecule has 4 fully saturated rings. The second kappa shape index (κ2) is 15.5. The third kappa shape index (κ3) is 8.03. The topological polar surface area (TPSA) is 179 Å². The van der Waals surface area contributed by atoms with Crippen LogP contribution in [0.1, 0.15) is 58.6 Å². The maximum atomic E-state index is 14.6. The number of amides is 3. The molecule has 7 rings (SSSR count). The normalized spacial score (nSPS) is 26.9. The van der Waals surface area contributed by atoms with E-state index in [0.717, 1.165) is 18.5 Å². The first-order valence-electron chi connectivity index (χ1n) is 18.9. The van der Waals surface area contributed by atoms with Crippen molar-refractivity contribution in [3.8, 4) is 22.2 Å². The monoisotopic (exact) mass is 809 g/mol. The van der Waals surface area contributed by atoms with Gasteiger partial charge in [-0.2, -0.15) is 0 Å². The van der Waals surface area contributed by atoms with Crippen LogP contribution in [0, 0.1) is 30.1 Å². The van der Waals surface area contributed by atoms with E-state index in [-0.39, 0.29) is 37.1 Å². The van der Waals surface area contributed by atoms with Crippen molar-refractivity contribution in [2.45, 2.75) is 89.6 Å². The number of thiazole rings is 1. The van der Waals surface area contributed by atoms with Gasteiger partial charge in [0.2, 0.25) is 11.8 Å². The number of fused-ring (bicyclic) bond motifs is 2. The van der Waals surface area contributed by atoms with Gasteiger partial charge in [-0.1, -0.05) is 38.4 Å². The third-order valence-corrected chi connectivity index (χ3v) is 12.6. The van der Waals surface area contributed by atoms with E-state index in [1.54, 1.807) is 25.3 Å². The summed E-state index contributed by atoms with van der Waals surface area (Å²) < 4.78 is 23.4. The van der Waals surface area contributed by atoms with Crippen molar-refractivity contribution in [1.82, 2.24) is 25.5 Å². The van der Waals surface area contributed by atoms with Gasteiger partial charge >= 0.3 is 12.1 Å². The molecule has 3 aromatic rings. The molecular weight excluding hydrogens is 762 g/mol. The number of methoxy groups -OCH3 is 1. The summed E-state index contributed by atoms with van der Waals surface area (Å²) in [5.41, 5.74) is -0.589. The largest absolute Gasteiger partial charge is 0.490 e. The number of hydrogen-bond acceptors (Lipinski definition) is 11. The van der Waals surface area contributed by atoms with Crippen molar-refractivity contribution >= 4 is 57.7 Å². The third-order valence-electron chi connectivity index (χ3n) is 11.2. The van der Waals surface area contributed by atoms with Crippen LogP contribution in [0.4, 0.5) is 4.79 Å². The first-order valence-corrected chi connectivity index (χ1v) is 20.2. The second-order valence-corrected chi connectivity index (χ2v) is 17.6. The Bertz CT molecular complexity index is 2040. The van der Waals surface area contributed by atoms with Gasteiger partial charge in [-0.15, -0.1) is 17.9 Å². The van der Waals surface area contributed by atoms with E-state index in [9.17, 15) is 24.3 Å². The van der Waals surface area contributed by atoms with Gasteiger partial charge in [0, 0.05) is 42.0 Å². The molecule has 1 saturated heterocycles. The number of carboxylic acids is 1. The van der Waals surface area contributed by atoms with E-state index in [2.05, 4.69) is 22.2 Å². The quantitative estimate of drug-likeness (QED) is 0.133. The van der Waals surface area contributed by atoms with Gasteiger partial charge in [0.05, 0.1) is 18.7 Å². The van der Waals surface area contributed by atoms with Crippen LogP contribution >= 0.6 is 22.9 Å². The lowest BCUT2D eigenvalue weighted by Crippen LogP contribution is -2.59. The van der Waals surface area contributed by atoms with Crippen molar-refractivity contribution in [2.24, 2.45) is 23.2 Å². The van der Waals surface area contributed by atoms with Crippen LogP contribution in [0.25, 0.3) is 21.6 Å². The van der Waals surface area contributed by atoms with E-state index in [1.165, 1.54) is 28.7 Å². The summed E-state index contributed by atoms with van der Waals surface area (Å²) in [5, 5.41) is 19.0. The minimum atomic E-state index is -1.53. The van der Waals surface area contributed by atoms with E-state index in [0.29, 0.717) is 51.5 Å². The number of nitrogens with zero attached hydrogens (tertiary/aromatic N) is 3. The number of halogens is 1. The highest BCUT2D eigenvalue weighted by atomic mass is 35.5. The predicted octanol–water partition coefficient (Wildman–Crippen LogP) is 5.78. The number of aromatic nitrogens is 2. The molecule has 2 aromatic heterocycles. The molecule has 1 aliphatic heterocycles. The van der Waals surface area contributed by atoms with Crippen LogP contribution in [0.15, 0.2) is 36.2 Å². The van der Waals surface area contributed by atoms with Crippen LogP contribution in [-0.4, -0.2) is 101 Å². The van der Waals surface area contributed by atoms with Crippen molar-refractivity contribution < 1.29 is 43.2 Å². The van der Waals surface area contributed by atoms with Gasteiger partial charge in [-0.25, -0.2) is 19.6 Å². The highest BCUT2D eigenvalue weighted by Crippen LogP contribution is 2.52. The Hall–Kier alpha value is -4.47. The van der Waals surface area contributed by atoms with Crippen LogP contribution in [0.2, 0.25) is 5.02 Å². The first kappa shape index (κ1) is 39.8. The summed E-state index contributed by atoms with van der Waals surface area (Å²) in [6.45, 7) is 11.7. The Morgan fingerprint density at radius 3 is 2.48 bits per heavy atom. The molecule has 16 heteroatoms. The summed E-state index contributed by atoms with van der Waals surface area (Å²) in [5.74, 6) is -0.816. The molecule has 8 atom stereocenters. The number of nitrogens with one attached hydrogen (secondary N) is 2. The first-order chi connectivity index (χ1) is 26.6. The average molecular weight is 810 g/mol. The Morgan fingerprint density at radius 2 is 1.86 bits per heavy atom. The molecule has 3 heterocycles. The molecule has 4 aliphatic rings. The van der Waals surface area contributed by atoms with E-state index < -0.39 is 58.9 Å². The number of alkyl carbamates (subject to hydrolysis) is 1. The molecule has 0 unspecified atom stereocenters. The number of pyridine rings is 1. The van der Waals surface area contributed by atoms with Gasteiger partial charge in [-0.3, -0.25) is 9.59 Å². The van der Waals surface area contributed by atoms with E-state index >= 15 is 0 Å². The number of benzene rings is 1. The zero-order valence-electron chi connectivity index (χ0n) is 32.1. The molecule has 3 amide bonds. The van der Waals surface area contributed by atoms with Crippen LogP contribution < -0.4 is 20.1 Å². The lowest BCUT2D eigenvalue weighted by Gasteiger charge is -2.35. The molecule has 3 aliphatic carbocycles. The van der Waals surface area contributed by atoms with Crippen LogP contribution in [0.3, 0.4) is 0 Å². The van der Waals surface area contributed by atoms with Crippen molar-refractivity contribution in [3.05, 3.63) is 47.0 Å². The fourth-order valence-corrected chi connectivity index (χ4v) is 9.00. The maximum absolute atomic E-state index is 14.6. The molecular formula is C40H48ClN5O9S. The van der Waals surface area contributed by atoms with Crippen molar-refractivity contribution in [1.29, 1.82) is 0 Å². The number of ether oxygens (including phenoxy) is 4. The van der Waals surface area contributed by atoms with Gasteiger partial charge < -0.3 is 39.6 Å². The number of aliphatic carboxylic acids is 1. The Balaban J connectivity index is 1.20. The molecule has 1 aromatic carbocycles. The van der Waals surface area contributed by atoms with E-state index in [1.807, 2.05) is 33.1 Å². The maximum Gasteiger partial charge on any atom is 0.408 e. The van der Waals surface area contributed by atoms with Gasteiger partial charge in [0.1, 0.15) is 63.7 Å². The van der Waals surface area contributed by atoms with Gasteiger partial charge in [-0.05, 0) is 62.0 Å². The minimum Gasteiger partial charge on any atom is -0.490 e. The Kier molecular flexibility index (Phi) is 11.0. The lowest BCUT2D eigenvalue weighted by atomic mass is 9.85. The summed E-state index contributed by atoms with van der Waals surface area (Å²) in [6, 6.07) is 3.04. The number of carboxylic acid groups (broad SMARTS) is 1. The molecule has 300 valence electrons. The highest BCUT2D eigenvalue weighted by Gasteiger charge is 2.61. The number of carbonyl (C=O) groups excluding carboxylic acids is 3. The van der Waals surface area contributed by atoms with Crippen molar-refractivity contribution in [3.63, 3.8) is 0 Å². The number of rotatable bonds is 14. The minimum absolute atomic E-state index is 0.0274. The van der Waals surface area contributed by atoms with Crippen LogP contribution in [-0.2, 0) is 23.9 Å². The molecule has 3 saturated carbocycles. The molecule has 0 bridgehead atoms. The zero-order chi connectivity index (χ0) is 40.1. The number of carbonyl (C=O) groups is 4. The number of aryl methyl sites for hydroxylation is 1. The average Bonchev–Trinajstić information content (AvgIpc) is 3.83. The molecule has 0 spiro atoms. The summed E-state index contributed by atoms with van der Waals surface area (Å²) >= 11 is 8.31. The van der Waals surface area contributed by atoms with E-state index in [4.69, 9.17) is 35.5 Å². The number of likely N-dealkylation sites (tertiary alicyclic amines) is 1. The van der Waals surface area contributed by atoms with Crippen LogP contribution in [0.5, 0.6) is 11.5 Å². The summed E-state index contributed by atoms with van der Waals surface area (Å²) in [6.07, 6.45) is 2.89. The Morgan fingerprint density at radius 1 is 1.11 bits per heavy atom. The zero-order valence-corrected chi connectivity index (χ0v) is 33.7. The smallest absolute Gasteiger partial charge is 0.408 e. The van der Waals surface area contributed by atoms with Gasteiger partial charge in [0.15, 0.2) is 0 Å². The molecule has 0 radical (unpaired) electrons. The standard InChI is InChI=1S/C40H48ClN5O9S/c1-7-23-17-40(23,37(49)50)45-34(47)28-15-25(18-46(28)36(48)33(39(3,4)5)44-38(51)55-24-13-21-12-22(21)14-24)54-30-16-27(35-42-20(2)19-56-35)43-32-26(30)8-9-29(31(32)41)53-11-10-52-6/h7-9,16,19,21-25,28,33H,1,10-15,17-18H2,2-6H3,(H,44,51)(H,45,47)(H,49,50)/t21-,22+,23-,24-,25-,28+,33-,40-/m1/s1.